The van der Waals surface area contributed by atoms with Crippen molar-refractivity contribution in [1.82, 2.24) is 9.97 Å². The molecule has 0 aliphatic heterocycles. The smallest absolute Gasteiger partial charge is 0.339 e. The number of hydrogen-bond donors (Lipinski definition) is 2. The van der Waals surface area contributed by atoms with Gasteiger partial charge in [0.15, 0.2) is 0 Å². The lowest BCUT2D eigenvalue weighted by atomic mass is 10.1. The largest absolute Gasteiger partial charge is 0.478 e. The molecule has 1 heterocycles. The Bertz CT molecular complexity index is 350. The zero-order valence-electron chi connectivity index (χ0n) is 8.40. The minimum atomic E-state index is -0.989. The molecule has 0 unspecified atom stereocenters. The van der Waals surface area contributed by atoms with Crippen molar-refractivity contribution in [2.75, 3.05) is 12.4 Å². The van der Waals surface area contributed by atoms with Crippen LogP contribution in [0.25, 0.3) is 0 Å². The Morgan fingerprint density at radius 3 is 2.64 bits per heavy atom. The summed E-state index contributed by atoms with van der Waals surface area (Å²) in [4.78, 5) is 18.8. The van der Waals surface area contributed by atoms with E-state index in [4.69, 9.17) is 5.11 Å². The van der Waals surface area contributed by atoms with Crippen LogP contribution in [0.5, 0.6) is 0 Å². The van der Waals surface area contributed by atoms with Gasteiger partial charge in [-0.25, -0.2) is 14.8 Å². The molecule has 0 aromatic carbocycles. The van der Waals surface area contributed by atoms with E-state index in [0.717, 1.165) is 0 Å². The quantitative estimate of drug-likeness (QED) is 0.761. The predicted octanol–water partition coefficient (Wildman–Crippen LogP) is 1.34. The van der Waals surface area contributed by atoms with Crippen LogP contribution in [-0.2, 0) is 0 Å². The molecular formula is C9H13N3O2. The molecule has 2 N–H and O–H groups in total. The predicted molar refractivity (Wildman–Crippen MR) is 52.6 cm³/mol. The molecule has 0 aliphatic carbocycles. The molecule has 0 saturated heterocycles. The van der Waals surface area contributed by atoms with Crippen LogP contribution in [0.4, 0.5) is 5.95 Å². The normalized spacial score (nSPS) is 10.3. The number of carboxylic acid groups (broad SMARTS) is 1. The van der Waals surface area contributed by atoms with Gasteiger partial charge in [-0.3, -0.25) is 0 Å². The van der Waals surface area contributed by atoms with Crippen molar-refractivity contribution in [3.05, 3.63) is 17.5 Å². The zero-order chi connectivity index (χ0) is 10.7. The fourth-order valence-corrected chi connectivity index (χ4v) is 1.12. The molecule has 1 aromatic heterocycles. The Morgan fingerprint density at radius 2 is 2.21 bits per heavy atom. The fourth-order valence-electron chi connectivity index (χ4n) is 1.12. The lowest BCUT2D eigenvalue weighted by Crippen LogP contribution is -2.09. The first-order chi connectivity index (χ1) is 6.56. The summed E-state index contributed by atoms with van der Waals surface area (Å²) in [7, 11) is 1.69. The van der Waals surface area contributed by atoms with Crippen LogP contribution >= 0.6 is 0 Å². The molecular weight excluding hydrogens is 182 g/mol. The van der Waals surface area contributed by atoms with Crippen molar-refractivity contribution in [2.45, 2.75) is 19.8 Å². The minimum Gasteiger partial charge on any atom is -0.478 e. The summed E-state index contributed by atoms with van der Waals surface area (Å²) >= 11 is 0. The molecule has 0 amide bonds. The molecule has 5 nitrogen and oxygen atoms in total. The van der Waals surface area contributed by atoms with E-state index >= 15 is 0 Å². The van der Waals surface area contributed by atoms with Crippen molar-refractivity contribution >= 4 is 11.9 Å². The van der Waals surface area contributed by atoms with E-state index < -0.39 is 5.97 Å². The molecule has 0 spiro atoms. The molecule has 0 saturated carbocycles. The third kappa shape index (κ3) is 1.99. The second-order valence-corrected chi connectivity index (χ2v) is 3.20. The third-order valence-corrected chi connectivity index (χ3v) is 1.82. The lowest BCUT2D eigenvalue weighted by molar-refractivity contribution is 0.0694. The van der Waals surface area contributed by atoms with Gasteiger partial charge in [-0.15, -0.1) is 0 Å². The summed E-state index contributed by atoms with van der Waals surface area (Å²) in [5.74, 6) is -0.480. The average Bonchev–Trinajstić information content (AvgIpc) is 2.16. The van der Waals surface area contributed by atoms with Crippen LogP contribution in [0, 0.1) is 0 Å². The number of aromatic nitrogens is 2. The van der Waals surface area contributed by atoms with Crippen LogP contribution in [0.2, 0.25) is 0 Å². The number of carboxylic acids is 1. The summed E-state index contributed by atoms with van der Waals surface area (Å²) in [5, 5.41) is 11.7. The van der Waals surface area contributed by atoms with Gasteiger partial charge in [0.25, 0.3) is 0 Å². The van der Waals surface area contributed by atoms with E-state index in [1.54, 1.807) is 7.05 Å². The Kier molecular flexibility index (Phi) is 3.01. The van der Waals surface area contributed by atoms with Gasteiger partial charge < -0.3 is 10.4 Å². The number of anilines is 1. The first-order valence-corrected chi connectivity index (χ1v) is 4.34. The zero-order valence-corrected chi connectivity index (χ0v) is 8.40. The average molecular weight is 195 g/mol. The highest BCUT2D eigenvalue weighted by Crippen LogP contribution is 2.17. The van der Waals surface area contributed by atoms with Gasteiger partial charge in [0.05, 0.1) is 11.3 Å². The molecule has 1 rings (SSSR count). The van der Waals surface area contributed by atoms with Crippen LogP contribution in [0.1, 0.15) is 35.8 Å². The van der Waals surface area contributed by atoms with Crippen LogP contribution in [-0.4, -0.2) is 28.1 Å². The van der Waals surface area contributed by atoms with Crippen molar-refractivity contribution in [3.63, 3.8) is 0 Å². The second-order valence-electron chi connectivity index (χ2n) is 3.20. The Labute approximate surface area is 82.2 Å². The van der Waals surface area contributed by atoms with Gasteiger partial charge in [-0.05, 0) is 5.92 Å². The molecule has 0 fully saturated rings. The Hall–Kier alpha value is -1.65. The number of hydrogen-bond acceptors (Lipinski definition) is 4. The van der Waals surface area contributed by atoms with Crippen molar-refractivity contribution in [3.8, 4) is 0 Å². The number of aromatic carboxylic acids is 1. The summed E-state index contributed by atoms with van der Waals surface area (Å²) in [6, 6.07) is 0. The summed E-state index contributed by atoms with van der Waals surface area (Å²) in [6.07, 6.45) is 1.33. The Balaban J connectivity index is 3.24. The van der Waals surface area contributed by atoms with Crippen molar-refractivity contribution < 1.29 is 9.90 Å². The van der Waals surface area contributed by atoms with Gasteiger partial charge in [0, 0.05) is 13.2 Å². The minimum absolute atomic E-state index is 0.0659. The van der Waals surface area contributed by atoms with Crippen LogP contribution in [0.3, 0.4) is 0 Å². The molecule has 1 aromatic rings. The standard InChI is InChI=1S/C9H13N3O2/c1-5(2)7-6(8(13)14)4-11-9(10-3)12-7/h4-5H,1-3H3,(H,13,14)(H,10,11,12). The van der Waals surface area contributed by atoms with E-state index in [1.165, 1.54) is 6.20 Å². The van der Waals surface area contributed by atoms with Gasteiger partial charge >= 0.3 is 5.97 Å². The second kappa shape index (κ2) is 4.04. The number of nitrogens with zero attached hydrogens (tertiary/aromatic N) is 2. The molecule has 14 heavy (non-hydrogen) atoms. The monoisotopic (exact) mass is 195 g/mol. The maximum atomic E-state index is 10.8. The molecule has 0 bridgehead atoms. The van der Waals surface area contributed by atoms with E-state index in [9.17, 15) is 4.79 Å². The van der Waals surface area contributed by atoms with E-state index in [1.807, 2.05) is 13.8 Å². The summed E-state index contributed by atoms with van der Waals surface area (Å²) in [5.41, 5.74) is 0.718. The SMILES string of the molecule is CNc1ncc(C(=O)O)c(C(C)C)n1. The van der Waals surface area contributed by atoms with E-state index in [-0.39, 0.29) is 11.5 Å². The van der Waals surface area contributed by atoms with Crippen molar-refractivity contribution in [2.24, 2.45) is 0 Å². The number of nitrogens with one attached hydrogen (secondary N) is 1. The van der Waals surface area contributed by atoms with Crippen LogP contribution < -0.4 is 5.32 Å². The number of carbonyl (C=O) groups is 1. The van der Waals surface area contributed by atoms with Gasteiger partial charge in [0.1, 0.15) is 0 Å². The lowest BCUT2D eigenvalue weighted by Gasteiger charge is -2.09. The van der Waals surface area contributed by atoms with Gasteiger partial charge in [-0.2, -0.15) is 0 Å². The Morgan fingerprint density at radius 1 is 1.57 bits per heavy atom. The number of rotatable bonds is 3. The van der Waals surface area contributed by atoms with E-state index in [2.05, 4.69) is 15.3 Å². The summed E-state index contributed by atoms with van der Waals surface area (Å²) < 4.78 is 0. The summed E-state index contributed by atoms with van der Waals surface area (Å²) in [6.45, 7) is 3.79. The highest BCUT2D eigenvalue weighted by atomic mass is 16.4. The van der Waals surface area contributed by atoms with Gasteiger partial charge in [-0.1, -0.05) is 13.8 Å². The van der Waals surface area contributed by atoms with Gasteiger partial charge in [0.2, 0.25) is 5.95 Å². The molecule has 0 aliphatic rings. The maximum absolute atomic E-state index is 10.8. The first-order valence-electron chi connectivity index (χ1n) is 4.34. The topological polar surface area (TPSA) is 75.1 Å². The highest BCUT2D eigenvalue weighted by Gasteiger charge is 2.15. The molecule has 0 atom stereocenters. The maximum Gasteiger partial charge on any atom is 0.339 e. The first kappa shape index (κ1) is 10.4. The fraction of sp³-hybridized carbons (Fsp3) is 0.444. The van der Waals surface area contributed by atoms with Crippen molar-refractivity contribution in [1.29, 1.82) is 0 Å². The highest BCUT2D eigenvalue weighted by molar-refractivity contribution is 5.88. The van der Waals surface area contributed by atoms with E-state index in [0.29, 0.717) is 11.6 Å². The van der Waals surface area contributed by atoms with Crippen LogP contribution in [0.15, 0.2) is 6.20 Å². The molecule has 0 radical (unpaired) electrons. The molecule has 76 valence electrons. The molecule has 5 heteroatoms. The third-order valence-electron chi connectivity index (χ3n) is 1.82.